The molecule has 4 rings (SSSR count). The number of ether oxygens (including phenoxy) is 1. The van der Waals surface area contributed by atoms with Gasteiger partial charge in [0.1, 0.15) is 11.5 Å². The molecule has 8 atom stereocenters. The minimum absolute atomic E-state index is 0.158. The quantitative estimate of drug-likeness (QED) is 0.497. The zero-order chi connectivity index (χ0) is 25.3. The standard InChI is InChI=1S/C30H37NO4/c1-18-10-9-13-24-28(33)21(4)20(3)27-25(17-23-11-7-6-8-12-23)31-29(34)30(24,27)26(35-22(5)32)15-14-19(2)16-18/h6-9,11-16,18,20,24-28,33H,4,10,17H2,1-3,5H3,(H,31,34)/b13-9+,15-14+,19-16-/t18-,20+,24-,25-,26+,27-,28+,30+/m0/s1. The number of benzene rings is 1. The van der Waals surface area contributed by atoms with Gasteiger partial charge >= 0.3 is 5.97 Å². The van der Waals surface area contributed by atoms with Crippen molar-refractivity contribution in [2.45, 2.75) is 58.8 Å². The molecule has 1 aromatic rings. The molecule has 2 N–H and O–H groups in total. The molecule has 0 bridgehead atoms. The number of nitrogens with one attached hydrogen (secondary N) is 1. The van der Waals surface area contributed by atoms with Gasteiger partial charge in [0.25, 0.3) is 0 Å². The summed E-state index contributed by atoms with van der Waals surface area (Å²) in [5.41, 5.74) is 1.72. The van der Waals surface area contributed by atoms with Crippen LogP contribution in [0.15, 0.2) is 78.4 Å². The summed E-state index contributed by atoms with van der Waals surface area (Å²) in [6.45, 7) is 11.8. The van der Waals surface area contributed by atoms with E-state index < -0.39 is 29.5 Å². The van der Waals surface area contributed by atoms with E-state index in [4.69, 9.17) is 4.74 Å². The van der Waals surface area contributed by atoms with E-state index in [1.807, 2.05) is 50.3 Å². The Kier molecular flexibility index (Phi) is 7.18. The minimum atomic E-state index is -1.16. The topological polar surface area (TPSA) is 75.6 Å². The Morgan fingerprint density at radius 2 is 1.94 bits per heavy atom. The first-order valence-corrected chi connectivity index (χ1v) is 12.6. The number of carbonyl (C=O) groups excluding carboxylic acids is 2. The molecule has 1 saturated heterocycles. The highest BCUT2D eigenvalue weighted by molar-refractivity contribution is 5.89. The van der Waals surface area contributed by atoms with Gasteiger partial charge in [-0.3, -0.25) is 9.59 Å². The Bertz CT molecular complexity index is 1070. The molecule has 1 heterocycles. The molecule has 5 nitrogen and oxygen atoms in total. The first kappa shape index (κ1) is 25.2. The summed E-state index contributed by atoms with van der Waals surface area (Å²) in [4.78, 5) is 26.5. The number of carbonyl (C=O) groups is 2. The molecule has 1 aliphatic heterocycles. The molecule has 1 spiro atoms. The van der Waals surface area contributed by atoms with Crippen molar-refractivity contribution in [2.24, 2.45) is 29.1 Å². The second-order valence-electron chi connectivity index (χ2n) is 10.5. The van der Waals surface area contributed by atoms with Gasteiger partial charge in [-0.15, -0.1) is 0 Å². The molecule has 1 amide bonds. The van der Waals surface area contributed by atoms with Crippen LogP contribution in [0.5, 0.6) is 0 Å². The SMILES string of the molecule is C=C1[C@@H](C)[C@H]2[C@H](Cc3ccccc3)NC(=O)[C@]23[C@H](OC(C)=O)/C=C/C(C)=C\[C@@H](C)C/C=C/[C@H]3[C@@H]1O. The molecule has 5 heteroatoms. The molecule has 0 aromatic heterocycles. The highest BCUT2D eigenvalue weighted by Crippen LogP contribution is 2.58. The van der Waals surface area contributed by atoms with Crippen LogP contribution in [0.25, 0.3) is 0 Å². The molecule has 2 fully saturated rings. The van der Waals surface area contributed by atoms with Gasteiger partial charge in [0.15, 0.2) is 0 Å². The zero-order valence-corrected chi connectivity index (χ0v) is 21.1. The van der Waals surface area contributed by atoms with Gasteiger partial charge < -0.3 is 15.2 Å². The molecule has 3 aliphatic rings. The second kappa shape index (κ2) is 9.98. The van der Waals surface area contributed by atoms with Crippen molar-refractivity contribution in [2.75, 3.05) is 0 Å². The first-order valence-electron chi connectivity index (χ1n) is 12.6. The van der Waals surface area contributed by atoms with Gasteiger partial charge in [-0.25, -0.2) is 0 Å². The van der Waals surface area contributed by atoms with Crippen LogP contribution in [0.2, 0.25) is 0 Å². The van der Waals surface area contributed by atoms with Crippen molar-refractivity contribution in [1.29, 1.82) is 0 Å². The van der Waals surface area contributed by atoms with E-state index in [1.54, 1.807) is 0 Å². The largest absolute Gasteiger partial charge is 0.457 e. The monoisotopic (exact) mass is 475 g/mol. The Labute approximate surface area is 208 Å². The summed E-state index contributed by atoms with van der Waals surface area (Å²) in [7, 11) is 0. The fourth-order valence-electron chi connectivity index (χ4n) is 6.54. The van der Waals surface area contributed by atoms with E-state index in [0.29, 0.717) is 12.3 Å². The zero-order valence-electron chi connectivity index (χ0n) is 21.1. The maximum absolute atomic E-state index is 14.1. The van der Waals surface area contributed by atoms with Crippen molar-refractivity contribution in [1.82, 2.24) is 5.32 Å². The van der Waals surface area contributed by atoms with E-state index in [1.165, 1.54) is 6.92 Å². The Hall–Kier alpha value is -2.92. The van der Waals surface area contributed by atoms with Crippen LogP contribution >= 0.6 is 0 Å². The molecule has 0 unspecified atom stereocenters. The molecule has 1 saturated carbocycles. The normalized spacial score (nSPS) is 40.3. The van der Waals surface area contributed by atoms with E-state index in [-0.39, 0.29) is 23.8 Å². The third-order valence-electron chi connectivity index (χ3n) is 8.08. The maximum Gasteiger partial charge on any atom is 0.303 e. The van der Waals surface area contributed by atoms with Crippen LogP contribution in [0.3, 0.4) is 0 Å². The summed E-state index contributed by atoms with van der Waals surface area (Å²) in [6, 6.07) is 9.89. The fraction of sp³-hybridized carbons (Fsp3) is 0.467. The van der Waals surface area contributed by atoms with Gasteiger partial charge in [-0.2, -0.15) is 0 Å². The van der Waals surface area contributed by atoms with E-state index in [9.17, 15) is 14.7 Å². The van der Waals surface area contributed by atoms with Crippen LogP contribution in [0.1, 0.15) is 39.7 Å². The molecule has 186 valence electrons. The third-order valence-corrected chi connectivity index (χ3v) is 8.08. The van der Waals surface area contributed by atoms with Crippen LogP contribution in [-0.2, 0) is 20.7 Å². The van der Waals surface area contributed by atoms with Crippen LogP contribution < -0.4 is 5.32 Å². The maximum atomic E-state index is 14.1. The van der Waals surface area contributed by atoms with Crippen molar-refractivity contribution < 1.29 is 19.4 Å². The summed E-state index contributed by atoms with van der Waals surface area (Å²) >= 11 is 0. The lowest BCUT2D eigenvalue weighted by atomic mass is 9.51. The number of hydrogen-bond donors (Lipinski definition) is 2. The van der Waals surface area contributed by atoms with E-state index in [2.05, 4.69) is 43.1 Å². The fourth-order valence-corrected chi connectivity index (χ4v) is 6.54. The number of aliphatic hydroxyl groups excluding tert-OH is 1. The first-order chi connectivity index (χ1) is 16.7. The number of hydrogen-bond acceptors (Lipinski definition) is 4. The van der Waals surface area contributed by atoms with E-state index in [0.717, 1.165) is 23.1 Å². The summed E-state index contributed by atoms with van der Waals surface area (Å²) < 4.78 is 5.93. The Morgan fingerprint density at radius 3 is 2.63 bits per heavy atom. The van der Waals surface area contributed by atoms with Crippen molar-refractivity contribution in [3.8, 4) is 0 Å². The van der Waals surface area contributed by atoms with Gasteiger partial charge in [0, 0.05) is 24.8 Å². The average Bonchev–Trinajstić information content (AvgIpc) is 3.08. The third kappa shape index (κ3) is 4.54. The lowest BCUT2D eigenvalue weighted by Crippen LogP contribution is -2.60. The number of aliphatic hydroxyl groups is 1. The number of allylic oxidation sites excluding steroid dienone is 4. The van der Waals surface area contributed by atoms with Crippen molar-refractivity contribution in [3.05, 3.63) is 84.0 Å². The van der Waals surface area contributed by atoms with Crippen LogP contribution in [0, 0.1) is 29.1 Å². The Balaban J connectivity index is 1.92. The van der Waals surface area contributed by atoms with Crippen LogP contribution in [-0.4, -0.2) is 35.2 Å². The lowest BCUT2D eigenvalue weighted by Gasteiger charge is -2.52. The predicted octanol–water partition coefficient (Wildman–Crippen LogP) is 4.54. The van der Waals surface area contributed by atoms with Gasteiger partial charge in [-0.1, -0.05) is 80.6 Å². The highest BCUT2D eigenvalue weighted by atomic mass is 16.5. The number of rotatable bonds is 3. The molecule has 1 aromatic carbocycles. The molecular formula is C30H37NO4. The highest BCUT2D eigenvalue weighted by Gasteiger charge is 2.68. The summed E-state index contributed by atoms with van der Waals surface area (Å²) in [5, 5.41) is 14.8. The number of esters is 1. The lowest BCUT2D eigenvalue weighted by molar-refractivity contribution is -0.166. The Morgan fingerprint density at radius 1 is 1.23 bits per heavy atom. The number of amides is 1. The van der Waals surface area contributed by atoms with Crippen LogP contribution in [0.4, 0.5) is 0 Å². The second-order valence-corrected chi connectivity index (χ2v) is 10.5. The molecular weight excluding hydrogens is 438 g/mol. The average molecular weight is 476 g/mol. The van der Waals surface area contributed by atoms with Gasteiger partial charge in [0.2, 0.25) is 5.91 Å². The predicted molar refractivity (Wildman–Crippen MR) is 137 cm³/mol. The van der Waals surface area contributed by atoms with Crippen molar-refractivity contribution in [3.63, 3.8) is 0 Å². The van der Waals surface area contributed by atoms with Crippen molar-refractivity contribution >= 4 is 11.9 Å². The molecule has 35 heavy (non-hydrogen) atoms. The van der Waals surface area contributed by atoms with Gasteiger partial charge in [-0.05, 0) is 48.8 Å². The molecule has 0 radical (unpaired) electrons. The van der Waals surface area contributed by atoms with E-state index >= 15 is 0 Å². The summed E-state index contributed by atoms with van der Waals surface area (Å²) in [6.07, 6.45) is 9.65. The summed E-state index contributed by atoms with van der Waals surface area (Å²) in [5.74, 6) is -1.30. The molecule has 2 aliphatic carbocycles. The minimum Gasteiger partial charge on any atom is -0.457 e. The van der Waals surface area contributed by atoms with Gasteiger partial charge in [0.05, 0.1) is 6.10 Å². The smallest absolute Gasteiger partial charge is 0.303 e.